The van der Waals surface area contributed by atoms with Gasteiger partial charge in [-0.1, -0.05) is 54.6 Å². The first-order valence-electron chi connectivity index (χ1n) is 10.3. The SMILES string of the molecule is CN(C(=O)COC(=O)c1cc(S(=O)(=O)Nc2ccccc2F)c(Cl)cc1Cl)C1CCCCC1. The first-order chi connectivity index (χ1) is 15.6. The van der Waals surface area contributed by atoms with Crippen LogP contribution in [-0.4, -0.2) is 44.9 Å². The van der Waals surface area contributed by atoms with Crippen LogP contribution >= 0.6 is 23.2 Å². The Morgan fingerprint density at radius 3 is 2.45 bits per heavy atom. The molecular weight excluding hydrogens is 494 g/mol. The predicted molar refractivity (Wildman–Crippen MR) is 124 cm³/mol. The van der Waals surface area contributed by atoms with Crippen molar-refractivity contribution < 1.29 is 27.1 Å². The number of halogens is 3. The molecule has 2 aromatic rings. The minimum atomic E-state index is -4.36. The number of sulfonamides is 1. The van der Waals surface area contributed by atoms with Gasteiger partial charge in [0.1, 0.15) is 10.7 Å². The number of carbonyl (C=O) groups is 2. The van der Waals surface area contributed by atoms with E-state index in [0.717, 1.165) is 50.3 Å². The van der Waals surface area contributed by atoms with E-state index in [9.17, 15) is 22.4 Å². The van der Waals surface area contributed by atoms with E-state index in [1.54, 1.807) is 11.9 Å². The van der Waals surface area contributed by atoms with Crippen LogP contribution in [0.2, 0.25) is 10.0 Å². The lowest BCUT2D eigenvalue weighted by Crippen LogP contribution is -2.40. The van der Waals surface area contributed by atoms with E-state index in [4.69, 9.17) is 27.9 Å². The Kier molecular flexibility index (Phi) is 8.20. The Balaban J connectivity index is 1.75. The second-order valence-electron chi connectivity index (χ2n) is 7.72. The van der Waals surface area contributed by atoms with E-state index in [1.165, 1.54) is 18.2 Å². The summed E-state index contributed by atoms with van der Waals surface area (Å²) in [6.07, 6.45) is 5.02. The van der Waals surface area contributed by atoms with Crippen LogP contribution in [0.5, 0.6) is 0 Å². The van der Waals surface area contributed by atoms with Gasteiger partial charge in [-0.15, -0.1) is 0 Å². The van der Waals surface area contributed by atoms with Gasteiger partial charge in [0.2, 0.25) is 0 Å². The molecular formula is C22H23Cl2FN2O5S. The quantitative estimate of drug-likeness (QED) is 0.529. The van der Waals surface area contributed by atoms with Crippen LogP contribution in [0.25, 0.3) is 0 Å². The summed E-state index contributed by atoms with van der Waals surface area (Å²) in [7, 11) is -2.69. The summed E-state index contributed by atoms with van der Waals surface area (Å²) >= 11 is 12.1. The number of nitrogens with zero attached hydrogens (tertiary/aromatic N) is 1. The van der Waals surface area contributed by atoms with Gasteiger partial charge in [-0.25, -0.2) is 17.6 Å². The monoisotopic (exact) mass is 516 g/mol. The van der Waals surface area contributed by atoms with Crippen molar-refractivity contribution in [3.8, 4) is 0 Å². The topological polar surface area (TPSA) is 92.8 Å². The molecule has 1 amide bonds. The third kappa shape index (κ3) is 6.16. The Hall–Kier alpha value is -2.36. The minimum Gasteiger partial charge on any atom is -0.452 e. The molecule has 1 saturated carbocycles. The number of likely N-dealkylation sites (N-methyl/N-ethyl adjacent to an activating group) is 1. The van der Waals surface area contributed by atoms with E-state index >= 15 is 0 Å². The van der Waals surface area contributed by atoms with Gasteiger partial charge in [0, 0.05) is 13.1 Å². The van der Waals surface area contributed by atoms with E-state index in [1.807, 2.05) is 0 Å². The van der Waals surface area contributed by atoms with Gasteiger partial charge in [0.05, 0.1) is 21.3 Å². The highest BCUT2D eigenvalue weighted by molar-refractivity contribution is 7.92. The molecule has 0 saturated heterocycles. The van der Waals surface area contributed by atoms with Crippen molar-refractivity contribution in [1.82, 2.24) is 4.90 Å². The van der Waals surface area contributed by atoms with Crippen molar-refractivity contribution >= 4 is 50.8 Å². The third-order valence-electron chi connectivity index (χ3n) is 5.49. The summed E-state index contributed by atoms with van der Waals surface area (Å²) in [6, 6.07) is 7.30. The van der Waals surface area contributed by atoms with E-state index in [-0.39, 0.29) is 33.2 Å². The number of benzene rings is 2. The summed E-state index contributed by atoms with van der Waals surface area (Å²) in [5.74, 6) is -2.13. The number of amides is 1. The zero-order chi connectivity index (χ0) is 24.2. The molecule has 0 atom stereocenters. The van der Waals surface area contributed by atoms with E-state index in [0.29, 0.717) is 0 Å². The van der Waals surface area contributed by atoms with Crippen LogP contribution in [-0.2, 0) is 19.6 Å². The molecule has 1 N–H and O–H groups in total. The van der Waals surface area contributed by atoms with Gasteiger partial charge in [-0.05, 0) is 37.1 Å². The number of ether oxygens (including phenoxy) is 1. The number of para-hydroxylation sites is 1. The number of hydrogen-bond donors (Lipinski definition) is 1. The van der Waals surface area contributed by atoms with Gasteiger partial charge in [-0.2, -0.15) is 0 Å². The Morgan fingerprint density at radius 2 is 1.79 bits per heavy atom. The molecule has 0 heterocycles. The van der Waals surface area contributed by atoms with Crippen LogP contribution in [0.4, 0.5) is 10.1 Å². The standard InChI is InChI=1S/C22H23Cl2FN2O5S/c1-27(14-7-3-2-4-8-14)21(28)13-32-22(29)15-11-20(17(24)12-16(15)23)33(30,31)26-19-10-6-5-9-18(19)25/h5-6,9-12,14,26H,2-4,7-8,13H2,1H3. The third-order valence-corrected chi connectivity index (χ3v) is 7.63. The minimum absolute atomic E-state index is 0.102. The molecule has 3 rings (SSSR count). The summed E-state index contributed by atoms with van der Waals surface area (Å²) < 4.78 is 46.6. The fourth-order valence-corrected chi connectivity index (χ4v) is 5.53. The number of esters is 1. The Bertz CT molecular complexity index is 1150. The fraction of sp³-hybridized carbons (Fsp3) is 0.364. The largest absolute Gasteiger partial charge is 0.452 e. The molecule has 33 heavy (non-hydrogen) atoms. The molecule has 11 heteroatoms. The molecule has 2 aromatic carbocycles. The summed E-state index contributed by atoms with van der Waals surface area (Å²) in [6.45, 7) is -0.514. The highest BCUT2D eigenvalue weighted by Gasteiger charge is 2.26. The lowest BCUT2D eigenvalue weighted by Gasteiger charge is -2.31. The smallest absolute Gasteiger partial charge is 0.340 e. The van der Waals surface area contributed by atoms with Gasteiger partial charge < -0.3 is 9.64 Å². The van der Waals surface area contributed by atoms with Crippen LogP contribution in [0, 0.1) is 5.82 Å². The van der Waals surface area contributed by atoms with Gasteiger partial charge in [0.15, 0.2) is 6.61 Å². The zero-order valence-electron chi connectivity index (χ0n) is 17.8. The lowest BCUT2D eigenvalue weighted by atomic mass is 9.94. The van der Waals surface area contributed by atoms with Crippen molar-refractivity contribution in [1.29, 1.82) is 0 Å². The summed E-state index contributed by atoms with van der Waals surface area (Å²) in [5.41, 5.74) is -0.577. The number of rotatable bonds is 7. The molecule has 0 spiro atoms. The molecule has 1 aliphatic rings. The Labute approximate surface area is 201 Å². The Morgan fingerprint density at radius 1 is 1.12 bits per heavy atom. The maximum absolute atomic E-state index is 13.9. The van der Waals surface area contributed by atoms with Crippen molar-refractivity contribution in [3.63, 3.8) is 0 Å². The van der Waals surface area contributed by atoms with Crippen molar-refractivity contribution in [3.05, 3.63) is 57.8 Å². The number of anilines is 1. The maximum atomic E-state index is 13.9. The average molecular weight is 517 g/mol. The fourth-order valence-electron chi connectivity index (χ4n) is 3.61. The molecule has 178 valence electrons. The van der Waals surface area contributed by atoms with Crippen LogP contribution in [0.1, 0.15) is 42.5 Å². The lowest BCUT2D eigenvalue weighted by molar-refractivity contribution is -0.135. The first-order valence-corrected chi connectivity index (χ1v) is 12.5. The second-order valence-corrected chi connectivity index (χ2v) is 10.2. The number of carbonyl (C=O) groups excluding carboxylic acids is 2. The molecule has 0 aromatic heterocycles. The first kappa shape index (κ1) is 25.3. The average Bonchev–Trinajstić information content (AvgIpc) is 2.78. The molecule has 0 unspecified atom stereocenters. The number of hydrogen-bond acceptors (Lipinski definition) is 5. The second kappa shape index (κ2) is 10.7. The number of nitrogens with one attached hydrogen (secondary N) is 1. The van der Waals surface area contributed by atoms with Gasteiger partial charge in [-0.3, -0.25) is 9.52 Å². The van der Waals surface area contributed by atoms with Crippen molar-refractivity contribution in [2.75, 3.05) is 18.4 Å². The zero-order valence-corrected chi connectivity index (χ0v) is 20.1. The van der Waals surface area contributed by atoms with Crippen LogP contribution in [0.15, 0.2) is 41.3 Å². The highest BCUT2D eigenvalue weighted by Crippen LogP contribution is 2.31. The molecule has 7 nitrogen and oxygen atoms in total. The normalized spacial score (nSPS) is 14.5. The molecule has 1 aliphatic carbocycles. The van der Waals surface area contributed by atoms with Crippen molar-refractivity contribution in [2.45, 2.75) is 43.0 Å². The molecule has 1 fully saturated rings. The van der Waals surface area contributed by atoms with Crippen LogP contribution in [0.3, 0.4) is 0 Å². The maximum Gasteiger partial charge on any atom is 0.340 e. The summed E-state index contributed by atoms with van der Waals surface area (Å²) in [4.78, 5) is 26.1. The van der Waals surface area contributed by atoms with Gasteiger partial charge >= 0.3 is 5.97 Å². The molecule has 0 bridgehead atoms. The predicted octanol–water partition coefficient (Wildman–Crippen LogP) is 4.88. The molecule has 0 radical (unpaired) electrons. The molecule has 0 aliphatic heterocycles. The van der Waals surface area contributed by atoms with Crippen LogP contribution < -0.4 is 4.72 Å². The highest BCUT2D eigenvalue weighted by atomic mass is 35.5. The summed E-state index contributed by atoms with van der Waals surface area (Å²) in [5, 5.41) is -0.420. The van der Waals surface area contributed by atoms with Crippen molar-refractivity contribution in [2.24, 2.45) is 0 Å². The van der Waals surface area contributed by atoms with E-state index in [2.05, 4.69) is 4.72 Å². The van der Waals surface area contributed by atoms with E-state index < -0.39 is 33.3 Å². The van der Waals surface area contributed by atoms with Gasteiger partial charge in [0.25, 0.3) is 15.9 Å².